The molecule has 16 heavy (non-hydrogen) atoms. The molecule has 1 amide bonds. The van der Waals surface area contributed by atoms with Gasteiger partial charge in [-0.1, -0.05) is 33.6 Å². The number of nitrogens with one attached hydrogen (secondary N) is 2. The molecule has 1 rings (SSSR count). The molecule has 1 saturated carbocycles. The topological polar surface area (TPSA) is 41.1 Å². The summed E-state index contributed by atoms with van der Waals surface area (Å²) >= 11 is 0. The predicted molar refractivity (Wildman–Crippen MR) is 67.3 cm³/mol. The van der Waals surface area contributed by atoms with E-state index in [2.05, 4.69) is 38.3 Å². The molecule has 0 bridgehead atoms. The van der Waals surface area contributed by atoms with E-state index < -0.39 is 0 Å². The first-order chi connectivity index (χ1) is 7.39. The summed E-state index contributed by atoms with van der Waals surface area (Å²) in [6.45, 7) is 9.11. The van der Waals surface area contributed by atoms with E-state index in [1.165, 1.54) is 12.8 Å². The van der Waals surface area contributed by atoms with E-state index in [1.54, 1.807) is 0 Å². The fourth-order valence-electron chi connectivity index (χ4n) is 1.90. The Kier molecular flexibility index (Phi) is 4.78. The van der Waals surface area contributed by atoms with E-state index in [0.29, 0.717) is 18.6 Å². The minimum atomic E-state index is 0.142. The number of rotatable bonds is 4. The average Bonchev–Trinajstić information content (AvgIpc) is 2.65. The van der Waals surface area contributed by atoms with Crippen LogP contribution in [0.5, 0.6) is 0 Å². The molecule has 0 heterocycles. The zero-order chi connectivity index (χ0) is 12.2. The normalized spacial score (nSPS) is 19.8. The summed E-state index contributed by atoms with van der Waals surface area (Å²) in [5.41, 5.74) is 0.202. The first-order valence-electron chi connectivity index (χ1n) is 6.42. The van der Waals surface area contributed by atoms with E-state index >= 15 is 0 Å². The van der Waals surface area contributed by atoms with Crippen LogP contribution in [0.15, 0.2) is 0 Å². The summed E-state index contributed by atoms with van der Waals surface area (Å²) in [6, 6.07) is 0.779. The second-order valence-electron chi connectivity index (χ2n) is 6.02. The van der Waals surface area contributed by atoms with Crippen LogP contribution in [0.25, 0.3) is 0 Å². The Balaban J connectivity index is 2.19. The molecular weight excluding hydrogens is 200 g/mol. The molecule has 0 aliphatic heterocycles. The summed E-state index contributed by atoms with van der Waals surface area (Å²) < 4.78 is 0. The van der Waals surface area contributed by atoms with Crippen LogP contribution in [0.1, 0.15) is 53.4 Å². The molecule has 0 saturated heterocycles. The molecule has 1 atom stereocenters. The number of hydrogen-bond acceptors (Lipinski definition) is 2. The van der Waals surface area contributed by atoms with Crippen molar-refractivity contribution >= 4 is 5.91 Å². The highest BCUT2D eigenvalue weighted by Gasteiger charge is 2.21. The Hall–Kier alpha value is -0.570. The van der Waals surface area contributed by atoms with Gasteiger partial charge in [0.15, 0.2) is 0 Å². The van der Waals surface area contributed by atoms with Gasteiger partial charge in [0.05, 0.1) is 6.54 Å². The van der Waals surface area contributed by atoms with Gasteiger partial charge in [0.25, 0.3) is 0 Å². The van der Waals surface area contributed by atoms with E-state index in [-0.39, 0.29) is 11.3 Å². The van der Waals surface area contributed by atoms with Crippen LogP contribution in [0.4, 0.5) is 0 Å². The van der Waals surface area contributed by atoms with Gasteiger partial charge in [-0.2, -0.15) is 0 Å². The lowest BCUT2D eigenvalue weighted by Crippen LogP contribution is -2.45. The van der Waals surface area contributed by atoms with Gasteiger partial charge in [-0.15, -0.1) is 0 Å². The molecular formula is C13H26N2O. The van der Waals surface area contributed by atoms with Crippen molar-refractivity contribution < 1.29 is 4.79 Å². The molecule has 0 aromatic heterocycles. The lowest BCUT2D eigenvalue weighted by molar-refractivity contribution is -0.121. The van der Waals surface area contributed by atoms with Crippen LogP contribution in [0.2, 0.25) is 0 Å². The van der Waals surface area contributed by atoms with Gasteiger partial charge in [-0.05, 0) is 25.2 Å². The second-order valence-corrected chi connectivity index (χ2v) is 6.02. The maximum absolute atomic E-state index is 11.7. The molecule has 0 radical (unpaired) electrons. The van der Waals surface area contributed by atoms with Gasteiger partial charge in [-0.25, -0.2) is 0 Å². The van der Waals surface area contributed by atoms with Crippen molar-refractivity contribution in [2.24, 2.45) is 5.41 Å². The first-order valence-corrected chi connectivity index (χ1v) is 6.42. The Labute approximate surface area is 99.4 Å². The summed E-state index contributed by atoms with van der Waals surface area (Å²) in [4.78, 5) is 11.7. The lowest BCUT2D eigenvalue weighted by atomic mass is 9.88. The van der Waals surface area contributed by atoms with Crippen LogP contribution >= 0.6 is 0 Å². The molecule has 0 aromatic rings. The van der Waals surface area contributed by atoms with Gasteiger partial charge < -0.3 is 10.6 Å². The van der Waals surface area contributed by atoms with Crippen LogP contribution in [-0.4, -0.2) is 24.5 Å². The quantitative estimate of drug-likeness (QED) is 0.770. The van der Waals surface area contributed by atoms with Crippen molar-refractivity contribution in [2.75, 3.05) is 6.54 Å². The van der Waals surface area contributed by atoms with Crippen molar-refractivity contribution in [3.63, 3.8) is 0 Å². The fourth-order valence-corrected chi connectivity index (χ4v) is 1.90. The van der Waals surface area contributed by atoms with Gasteiger partial charge >= 0.3 is 0 Å². The SMILES string of the molecule is CC(NCC(=O)NC1CCCC1)C(C)(C)C. The van der Waals surface area contributed by atoms with Gasteiger partial charge in [0.2, 0.25) is 5.91 Å². The van der Waals surface area contributed by atoms with E-state index in [9.17, 15) is 4.79 Å². The van der Waals surface area contributed by atoms with Crippen molar-refractivity contribution in [1.82, 2.24) is 10.6 Å². The predicted octanol–water partition coefficient (Wildman–Crippen LogP) is 2.07. The van der Waals surface area contributed by atoms with Crippen LogP contribution in [0, 0.1) is 5.41 Å². The monoisotopic (exact) mass is 226 g/mol. The largest absolute Gasteiger partial charge is 0.352 e. The third-order valence-corrected chi connectivity index (χ3v) is 3.59. The number of hydrogen-bond donors (Lipinski definition) is 2. The van der Waals surface area contributed by atoms with Gasteiger partial charge in [-0.3, -0.25) is 4.79 Å². The summed E-state index contributed by atoms with van der Waals surface area (Å²) in [7, 11) is 0. The molecule has 0 spiro atoms. The Bertz CT molecular complexity index is 227. The second kappa shape index (κ2) is 5.67. The highest BCUT2D eigenvalue weighted by Crippen LogP contribution is 2.18. The summed E-state index contributed by atoms with van der Waals surface area (Å²) in [5.74, 6) is 0.142. The molecule has 3 heteroatoms. The van der Waals surface area contributed by atoms with Crippen molar-refractivity contribution in [2.45, 2.75) is 65.5 Å². The van der Waals surface area contributed by atoms with E-state index in [1.807, 2.05) is 0 Å². The highest BCUT2D eigenvalue weighted by molar-refractivity contribution is 5.78. The van der Waals surface area contributed by atoms with Crippen LogP contribution < -0.4 is 10.6 Å². The highest BCUT2D eigenvalue weighted by atomic mass is 16.1. The standard InChI is InChI=1S/C13H26N2O/c1-10(13(2,3)4)14-9-12(16)15-11-7-5-6-8-11/h10-11,14H,5-9H2,1-4H3,(H,15,16). The molecule has 1 aliphatic carbocycles. The maximum Gasteiger partial charge on any atom is 0.234 e. The molecule has 1 unspecified atom stereocenters. The molecule has 1 aliphatic rings. The fraction of sp³-hybridized carbons (Fsp3) is 0.923. The average molecular weight is 226 g/mol. The number of amides is 1. The zero-order valence-corrected chi connectivity index (χ0v) is 11.1. The first kappa shape index (κ1) is 13.5. The van der Waals surface area contributed by atoms with Crippen molar-refractivity contribution in [3.05, 3.63) is 0 Å². The van der Waals surface area contributed by atoms with Crippen molar-refractivity contribution in [1.29, 1.82) is 0 Å². The molecule has 1 fully saturated rings. The van der Waals surface area contributed by atoms with Crippen molar-refractivity contribution in [3.8, 4) is 0 Å². The summed E-state index contributed by atoms with van der Waals surface area (Å²) in [5, 5.41) is 6.37. The minimum Gasteiger partial charge on any atom is -0.352 e. The third kappa shape index (κ3) is 4.52. The van der Waals surface area contributed by atoms with Crippen LogP contribution in [-0.2, 0) is 4.79 Å². The molecule has 0 aromatic carbocycles. The minimum absolute atomic E-state index is 0.142. The maximum atomic E-state index is 11.7. The Morgan fingerprint density at radius 3 is 2.38 bits per heavy atom. The Morgan fingerprint density at radius 2 is 1.88 bits per heavy atom. The number of carbonyl (C=O) groups is 1. The zero-order valence-electron chi connectivity index (χ0n) is 11.1. The van der Waals surface area contributed by atoms with Crippen LogP contribution in [0.3, 0.4) is 0 Å². The molecule has 94 valence electrons. The summed E-state index contributed by atoms with van der Waals surface area (Å²) in [6.07, 6.45) is 4.83. The van der Waals surface area contributed by atoms with E-state index in [4.69, 9.17) is 0 Å². The molecule has 3 nitrogen and oxygen atoms in total. The van der Waals surface area contributed by atoms with Gasteiger partial charge in [0, 0.05) is 12.1 Å². The van der Waals surface area contributed by atoms with Gasteiger partial charge in [0.1, 0.15) is 0 Å². The van der Waals surface area contributed by atoms with E-state index in [0.717, 1.165) is 12.8 Å². The smallest absolute Gasteiger partial charge is 0.234 e. The third-order valence-electron chi connectivity index (χ3n) is 3.59. The Morgan fingerprint density at radius 1 is 1.31 bits per heavy atom. The number of carbonyl (C=O) groups excluding carboxylic acids is 1. The molecule has 2 N–H and O–H groups in total. The lowest BCUT2D eigenvalue weighted by Gasteiger charge is -2.28.